The van der Waals surface area contributed by atoms with E-state index in [0.717, 1.165) is 5.56 Å². The van der Waals surface area contributed by atoms with Crippen LogP contribution in [0.1, 0.15) is 59.9 Å². The van der Waals surface area contributed by atoms with Gasteiger partial charge >= 0.3 is 12.1 Å². The Hall–Kier alpha value is -3.14. The minimum atomic E-state index is -1.03. The van der Waals surface area contributed by atoms with Crippen molar-refractivity contribution in [3.63, 3.8) is 0 Å². The molecule has 2 N–H and O–H groups in total. The average molecular weight is 506 g/mol. The Balaban J connectivity index is 1.93. The Morgan fingerprint density at radius 2 is 1.69 bits per heavy atom. The number of likely N-dealkylation sites (tertiary alicyclic amines) is 1. The summed E-state index contributed by atoms with van der Waals surface area (Å²) >= 11 is 0. The van der Waals surface area contributed by atoms with E-state index in [9.17, 15) is 19.2 Å². The van der Waals surface area contributed by atoms with Gasteiger partial charge in [-0.3, -0.25) is 9.59 Å². The van der Waals surface area contributed by atoms with Gasteiger partial charge in [0.25, 0.3) is 0 Å². The van der Waals surface area contributed by atoms with E-state index in [1.165, 1.54) is 4.90 Å². The maximum Gasteiger partial charge on any atom is 0.407 e. The molecule has 1 fully saturated rings. The van der Waals surface area contributed by atoms with Crippen molar-refractivity contribution in [2.24, 2.45) is 0 Å². The molecule has 10 heteroatoms. The van der Waals surface area contributed by atoms with Gasteiger partial charge in [-0.15, -0.1) is 0 Å². The van der Waals surface area contributed by atoms with Crippen LogP contribution in [0, 0.1) is 0 Å². The molecule has 1 aliphatic rings. The number of hydrogen-bond acceptors (Lipinski definition) is 7. The molecular weight excluding hydrogens is 466 g/mol. The van der Waals surface area contributed by atoms with Crippen LogP contribution in [-0.2, 0) is 35.2 Å². The molecule has 0 bridgehead atoms. The third kappa shape index (κ3) is 10.2. The monoisotopic (exact) mass is 505 g/mol. The van der Waals surface area contributed by atoms with E-state index >= 15 is 0 Å². The van der Waals surface area contributed by atoms with Crippen LogP contribution >= 0.6 is 0 Å². The lowest BCUT2D eigenvalue weighted by atomic mass is 10.1. The summed E-state index contributed by atoms with van der Waals surface area (Å²) in [5.41, 5.74) is -0.441. The smallest absolute Gasteiger partial charge is 0.407 e. The maximum absolute atomic E-state index is 13.1. The standard InChI is InChI=1S/C26H39N3O7/c1-25(2,3)35-17-19(23(32)36-26(4,5)6)28-22(31)20-13-10-14-29(20)21(30)15-27-24(33)34-16-18-11-8-7-9-12-18/h7-9,11-12,19-20H,10,13-17H2,1-6H3,(H,27,33)(H,28,31)/t19-,20-/m0/s1. The van der Waals surface area contributed by atoms with Gasteiger partial charge in [-0.2, -0.15) is 0 Å². The second-order valence-electron chi connectivity index (χ2n) is 10.7. The summed E-state index contributed by atoms with van der Waals surface area (Å²) in [6.45, 7) is 10.8. The highest BCUT2D eigenvalue weighted by atomic mass is 16.6. The minimum absolute atomic E-state index is 0.0698. The first kappa shape index (κ1) is 29.1. The van der Waals surface area contributed by atoms with Crippen molar-refractivity contribution in [3.8, 4) is 0 Å². The molecule has 0 spiro atoms. The van der Waals surface area contributed by atoms with Crippen LogP contribution in [0.25, 0.3) is 0 Å². The minimum Gasteiger partial charge on any atom is -0.458 e. The fourth-order valence-corrected chi connectivity index (χ4v) is 3.50. The number of amides is 3. The van der Waals surface area contributed by atoms with Crippen LogP contribution in [0.4, 0.5) is 4.79 Å². The molecule has 1 heterocycles. The predicted molar refractivity (Wildman–Crippen MR) is 133 cm³/mol. The van der Waals surface area contributed by atoms with Gasteiger partial charge in [0.05, 0.1) is 12.2 Å². The zero-order chi connectivity index (χ0) is 26.9. The summed E-state index contributed by atoms with van der Waals surface area (Å²) in [5.74, 6) is -1.50. The van der Waals surface area contributed by atoms with Crippen LogP contribution in [-0.4, -0.2) is 71.8 Å². The Bertz CT molecular complexity index is 906. The fourth-order valence-electron chi connectivity index (χ4n) is 3.50. The third-order valence-corrected chi connectivity index (χ3v) is 5.16. The van der Waals surface area contributed by atoms with Crippen LogP contribution < -0.4 is 10.6 Å². The fraction of sp³-hybridized carbons (Fsp3) is 0.615. The molecule has 1 aromatic carbocycles. The largest absolute Gasteiger partial charge is 0.458 e. The van der Waals surface area contributed by atoms with Gasteiger partial charge in [0.15, 0.2) is 6.04 Å². The lowest BCUT2D eigenvalue weighted by molar-refractivity contribution is -0.162. The third-order valence-electron chi connectivity index (χ3n) is 5.16. The Kier molecular flexibility index (Phi) is 10.3. The number of carbonyl (C=O) groups is 4. The molecule has 0 radical (unpaired) electrons. The molecule has 1 aromatic rings. The van der Waals surface area contributed by atoms with E-state index in [1.54, 1.807) is 20.8 Å². The van der Waals surface area contributed by atoms with Gasteiger partial charge in [0.1, 0.15) is 24.8 Å². The zero-order valence-electron chi connectivity index (χ0n) is 22.1. The van der Waals surface area contributed by atoms with Crippen molar-refractivity contribution in [1.29, 1.82) is 0 Å². The molecule has 3 amide bonds. The Labute approximate surface area is 213 Å². The molecule has 0 saturated carbocycles. The summed E-state index contributed by atoms with van der Waals surface area (Å²) < 4.78 is 16.3. The van der Waals surface area contributed by atoms with Crippen molar-refractivity contribution < 1.29 is 33.4 Å². The van der Waals surface area contributed by atoms with Crippen LogP contribution in [0.2, 0.25) is 0 Å². The van der Waals surface area contributed by atoms with Crippen molar-refractivity contribution in [3.05, 3.63) is 35.9 Å². The van der Waals surface area contributed by atoms with Crippen molar-refractivity contribution in [1.82, 2.24) is 15.5 Å². The van der Waals surface area contributed by atoms with Gasteiger partial charge in [-0.25, -0.2) is 9.59 Å². The number of benzene rings is 1. The summed E-state index contributed by atoms with van der Waals surface area (Å²) in [7, 11) is 0. The molecule has 200 valence electrons. The number of rotatable bonds is 9. The number of nitrogens with zero attached hydrogens (tertiary/aromatic N) is 1. The molecular formula is C26H39N3O7. The molecule has 10 nitrogen and oxygen atoms in total. The lowest BCUT2D eigenvalue weighted by Crippen LogP contribution is -2.54. The van der Waals surface area contributed by atoms with E-state index in [4.69, 9.17) is 14.2 Å². The van der Waals surface area contributed by atoms with Gasteiger partial charge in [-0.1, -0.05) is 30.3 Å². The highest BCUT2D eigenvalue weighted by molar-refractivity contribution is 5.92. The van der Waals surface area contributed by atoms with Crippen molar-refractivity contribution in [2.75, 3.05) is 19.7 Å². The number of ether oxygens (including phenoxy) is 3. The zero-order valence-corrected chi connectivity index (χ0v) is 22.1. The number of hydrogen-bond donors (Lipinski definition) is 2. The molecule has 1 aliphatic heterocycles. The SMILES string of the molecule is CC(C)(C)OC[C@H](NC(=O)[C@@H]1CCCN1C(=O)CNC(=O)OCc1ccccc1)C(=O)OC(C)(C)C. The summed E-state index contributed by atoms with van der Waals surface area (Å²) in [6, 6.07) is 7.38. The molecule has 1 saturated heterocycles. The number of esters is 1. The molecule has 0 aliphatic carbocycles. The number of carbonyl (C=O) groups excluding carboxylic acids is 4. The van der Waals surface area contributed by atoms with Gasteiger partial charge < -0.3 is 29.7 Å². The maximum atomic E-state index is 13.1. The summed E-state index contributed by atoms with van der Waals surface area (Å²) in [4.78, 5) is 52.0. The number of nitrogens with one attached hydrogen (secondary N) is 2. The predicted octanol–water partition coefficient (Wildman–Crippen LogP) is 2.55. The lowest BCUT2D eigenvalue weighted by Gasteiger charge is -2.29. The average Bonchev–Trinajstić information content (AvgIpc) is 3.28. The van der Waals surface area contributed by atoms with E-state index in [2.05, 4.69) is 10.6 Å². The van der Waals surface area contributed by atoms with E-state index in [0.29, 0.717) is 19.4 Å². The van der Waals surface area contributed by atoms with Gasteiger partial charge in [0.2, 0.25) is 11.8 Å². The van der Waals surface area contributed by atoms with E-state index < -0.39 is 47.2 Å². The first-order valence-electron chi connectivity index (χ1n) is 12.2. The first-order valence-corrected chi connectivity index (χ1v) is 12.2. The second kappa shape index (κ2) is 12.7. The van der Waals surface area contributed by atoms with Crippen molar-refractivity contribution >= 4 is 23.9 Å². The van der Waals surface area contributed by atoms with Gasteiger partial charge in [-0.05, 0) is 59.9 Å². The van der Waals surface area contributed by atoms with Crippen LogP contribution in [0.5, 0.6) is 0 Å². The molecule has 36 heavy (non-hydrogen) atoms. The Morgan fingerprint density at radius 3 is 2.31 bits per heavy atom. The Morgan fingerprint density at radius 1 is 1.03 bits per heavy atom. The molecule has 2 rings (SSSR count). The highest BCUT2D eigenvalue weighted by Crippen LogP contribution is 2.18. The normalized spacial score (nSPS) is 16.7. The van der Waals surface area contributed by atoms with E-state index in [1.807, 2.05) is 51.1 Å². The molecule has 0 unspecified atom stereocenters. The molecule has 2 atom stereocenters. The number of alkyl carbamates (subject to hydrolysis) is 1. The van der Waals surface area contributed by atoms with E-state index in [-0.39, 0.29) is 19.8 Å². The van der Waals surface area contributed by atoms with Gasteiger partial charge in [0, 0.05) is 6.54 Å². The van der Waals surface area contributed by atoms with Crippen LogP contribution in [0.3, 0.4) is 0 Å². The topological polar surface area (TPSA) is 123 Å². The second-order valence-corrected chi connectivity index (χ2v) is 10.7. The highest BCUT2D eigenvalue weighted by Gasteiger charge is 2.37. The van der Waals surface area contributed by atoms with Crippen molar-refractivity contribution in [2.45, 2.75) is 84.3 Å². The quantitative estimate of drug-likeness (QED) is 0.495. The first-order chi connectivity index (χ1) is 16.7. The summed E-state index contributed by atoms with van der Waals surface area (Å²) in [6.07, 6.45) is 0.339. The summed E-state index contributed by atoms with van der Waals surface area (Å²) in [5, 5.41) is 5.13. The molecule has 0 aromatic heterocycles. The van der Waals surface area contributed by atoms with Crippen LogP contribution in [0.15, 0.2) is 30.3 Å².